The fraction of sp³-hybridized carbons (Fsp3) is 0.190. The van der Waals surface area contributed by atoms with Gasteiger partial charge in [0.25, 0.3) is 10.2 Å². The van der Waals surface area contributed by atoms with Crippen LogP contribution in [0.3, 0.4) is 0 Å². The summed E-state index contributed by atoms with van der Waals surface area (Å²) in [5.41, 5.74) is 2.76. The number of nitrogens with one attached hydrogen (secondary N) is 1. The van der Waals surface area contributed by atoms with Crippen LogP contribution in [0.1, 0.15) is 40.2 Å². The highest BCUT2D eigenvalue weighted by Gasteiger charge is 2.23. The van der Waals surface area contributed by atoms with Crippen molar-refractivity contribution in [3.8, 4) is 11.4 Å². The van der Waals surface area contributed by atoms with Gasteiger partial charge < -0.3 is 5.11 Å². The first-order valence-corrected chi connectivity index (χ1v) is 10.9. The number of carbonyl (C=O) groups is 1. The van der Waals surface area contributed by atoms with Crippen LogP contribution in [0, 0.1) is 5.82 Å². The molecule has 1 aliphatic rings. The van der Waals surface area contributed by atoms with Crippen LogP contribution in [-0.4, -0.2) is 29.5 Å². The largest absolute Gasteiger partial charge is 0.478 e. The molecule has 3 aromatic rings. The molecule has 0 radical (unpaired) electrons. The van der Waals surface area contributed by atoms with Crippen molar-refractivity contribution in [1.29, 1.82) is 0 Å². The Balaban J connectivity index is 0.000000176. The van der Waals surface area contributed by atoms with E-state index in [4.69, 9.17) is 10.2 Å². The molecule has 0 amide bonds. The molecule has 4 rings (SSSR count). The zero-order valence-electron chi connectivity index (χ0n) is 16.4. The van der Waals surface area contributed by atoms with E-state index in [1.54, 1.807) is 12.1 Å². The lowest BCUT2D eigenvalue weighted by Gasteiger charge is -2.04. The maximum absolute atomic E-state index is 12.9. The van der Waals surface area contributed by atoms with Crippen molar-refractivity contribution in [3.63, 3.8) is 0 Å². The number of carboxylic acids is 1. The molecule has 10 heteroatoms. The monoisotopic (exact) mass is 444 g/mol. The number of nitrogens with two attached hydrogens (primary N) is 1. The van der Waals surface area contributed by atoms with E-state index in [1.807, 2.05) is 18.2 Å². The van der Waals surface area contributed by atoms with Crippen LogP contribution < -0.4 is 9.86 Å². The first kappa shape index (κ1) is 22.5. The molecule has 31 heavy (non-hydrogen) atoms. The van der Waals surface area contributed by atoms with Crippen LogP contribution in [0.15, 0.2) is 60.9 Å². The molecular formula is C21H21FN4O4S. The predicted octanol–water partition coefficient (Wildman–Crippen LogP) is 2.84. The van der Waals surface area contributed by atoms with Crippen molar-refractivity contribution < 1.29 is 22.7 Å². The van der Waals surface area contributed by atoms with E-state index in [1.165, 1.54) is 42.9 Å². The second-order valence-electron chi connectivity index (χ2n) is 7.00. The molecule has 2 aromatic carbocycles. The molecule has 1 heterocycles. The predicted molar refractivity (Wildman–Crippen MR) is 113 cm³/mol. The van der Waals surface area contributed by atoms with Gasteiger partial charge in [0.2, 0.25) is 0 Å². The minimum absolute atomic E-state index is 0.000142. The van der Waals surface area contributed by atoms with Crippen LogP contribution in [0.5, 0.6) is 0 Å². The number of halogens is 1. The number of nitrogens with zero attached hydrogens (tertiary/aromatic N) is 2. The standard InChI is InChI=1S/C11H7FN2O2.C10H14N2O2S/c12-9-3-1-2-7(4-9)10-13-5-8(6-14-10)11(15)16;11-15(13,14)12-7-8-2-1-3-10(6-8)9-4-5-9/h1-6H,(H,15,16);1-3,6,9,12H,4-5,7H2,(H2,11,13,14). The molecule has 0 atom stereocenters. The molecular weight excluding hydrogens is 423 g/mol. The highest BCUT2D eigenvalue weighted by molar-refractivity contribution is 7.87. The van der Waals surface area contributed by atoms with Gasteiger partial charge in [-0.25, -0.2) is 24.3 Å². The van der Waals surface area contributed by atoms with Gasteiger partial charge in [0, 0.05) is 24.5 Å². The first-order chi connectivity index (χ1) is 14.7. The molecule has 1 fully saturated rings. The summed E-state index contributed by atoms with van der Waals surface area (Å²) in [6, 6.07) is 13.8. The second-order valence-corrected chi connectivity index (χ2v) is 8.37. The summed E-state index contributed by atoms with van der Waals surface area (Å²) in [6.07, 6.45) is 4.86. The number of hydrogen-bond acceptors (Lipinski definition) is 5. The Bertz CT molecular complexity index is 1170. The van der Waals surface area contributed by atoms with Gasteiger partial charge in [-0.2, -0.15) is 13.1 Å². The Morgan fingerprint density at radius 2 is 1.81 bits per heavy atom. The third-order valence-corrected chi connectivity index (χ3v) is 5.01. The molecule has 4 N–H and O–H groups in total. The maximum Gasteiger partial charge on any atom is 0.338 e. The fourth-order valence-electron chi connectivity index (χ4n) is 2.77. The summed E-state index contributed by atoms with van der Waals surface area (Å²) in [4.78, 5) is 18.3. The summed E-state index contributed by atoms with van der Waals surface area (Å²) in [5, 5.41) is 13.5. The van der Waals surface area contributed by atoms with E-state index in [9.17, 15) is 17.6 Å². The second kappa shape index (κ2) is 9.73. The molecule has 0 saturated heterocycles. The van der Waals surface area contributed by atoms with Crippen LogP contribution in [-0.2, 0) is 16.8 Å². The van der Waals surface area contributed by atoms with Gasteiger partial charge in [-0.3, -0.25) is 0 Å². The minimum atomic E-state index is -3.59. The lowest BCUT2D eigenvalue weighted by molar-refractivity contribution is 0.0696. The van der Waals surface area contributed by atoms with Crippen LogP contribution >= 0.6 is 0 Å². The Morgan fingerprint density at radius 3 is 2.39 bits per heavy atom. The molecule has 0 bridgehead atoms. The number of rotatable bonds is 6. The molecule has 1 saturated carbocycles. The van der Waals surface area contributed by atoms with Crippen molar-refractivity contribution in [1.82, 2.24) is 14.7 Å². The summed E-state index contributed by atoms with van der Waals surface area (Å²) >= 11 is 0. The molecule has 0 aliphatic heterocycles. The zero-order chi connectivity index (χ0) is 22.4. The lowest BCUT2D eigenvalue weighted by Crippen LogP contribution is -2.30. The quantitative estimate of drug-likeness (QED) is 0.535. The van der Waals surface area contributed by atoms with E-state index < -0.39 is 16.2 Å². The van der Waals surface area contributed by atoms with Crippen molar-refractivity contribution in [3.05, 3.63) is 83.4 Å². The number of benzene rings is 2. The Morgan fingerprint density at radius 1 is 1.13 bits per heavy atom. The minimum Gasteiger partial charge on any atom is -0.478 e. The molecule has 1 aromatic heterocycles. The van der Waals surface area contributed by atoms with Crippen LogP contribution in [0.4, 0.5) is 4.39 Å². The first-order valence-electron chi connectivity index (χ1n) is 9.39. The molecule has 0 unspecified atom stereocenters. The Kier molecular flexibility index (Phi) is 7.06. The van der Waals surface area contributed by atoms with Gasteiger partial charge in [0.05, 0.1) is 5.56 Å². The Labute approximate surface area is 179 Å². The van der Waals surface area contributed by atoms with E-state index in [-0.39, 0.29) is 17.9 Å². The van der Waals surface area contributed by atoms with Gasteiger partial charge in [-0.05, 0) is 42.0 Å². The topological polar surface area (TPSA) is 135 Å². The van der Waals surface area contributed by atoms with E-state index >= 15 is 0 Å². The van der Waals surface area contributed by atoms with Crippen molar-refractivity contribution in [2.75, 3.05) is 0 Å². The highest BCUT2D eigenvalue weighted by Crippen LogP contribution is 2.40. The molecule has 1 aliphatic carbocycles. The molecule has 162 valence electrons. The summed E-state index contributed by atoms with van der Waals surface area (Å²) in [7, 11) is -3.59. The van der Waals surface area contributed by atoms with E-state index in [0.717, 1.165) is 5.56 Å². The SMILES string of the molecule is NS(=O)(=O)NCc1cccc(C2CC2)c1.O=C(O)c1cnc(-c2cccc(F)c2)nc1. The number of aromatic nitrogens is 2. The van der Waals surface area contributed by atoms with Crippen LogP contribution in [0.2, 0.25) is 0 Å². The van der Waals surface area contributed by atoms with Crippen molar-refractivity contribution in [2.24, 2.45) is 5.14 Å². The van der Waals surface area contributed by atoms with Gasteiger partial charge in [-0.15, -0.1) is 0 Å². The smallest absolute Gasteiger partial charge is 0.338 e. The normalized spacial score (nSPS) is 13.2. The number of aromatic carboxylic acids is 1. The third-order valence-electron chi connectivity index (χ3n) is 4.46. The zero-order valence-corrected chi connectivity index (χ0v) is 17.2. The molecule has 8 nitrogen and oxygen atoms in total. The number of carboxylic acid groups (broad SMARTS) is 1. The van der Waals surface area contributed by atoms with Crippen molar-refractivity contribution in [2.45, 2.75) is 25.3 Å². The van der Waals surface area contributed by atoms with Gasteiger partial charge in [0.1, 0.15) is 5.82 Å². The molecule has 0 spiro atoms. The van der Waals surface area contributed by atoms with Crippen LogP contribution in [0.25, 0.3) is 11.4 Å². The van der Waals surface area contributed by atoms with E-state index in [0.29, 0.717) is 17.3 Å². The summed E-state index contributed by atoms with van der Waals surface area (Å²) in [6.45, 7) is 0.263. The van der Waals surface area contributed by atoms with Gasteiger partial charge in [-0.1, -0.05) is 36.4 Å². The highest BCUT2D eigenvalue weighted by atomic mass is 32.2. The van der Waals surface area contributed by atoms with Gasteiger partial charge in [0.15, 0.2) is 5.82 Å². The average Bonchev–Trinajstić information content (AvgIpc) is 3.58. The average molecular weight is 444 g/mol. The van der Waals surface area contributed by atoms with Crippen molar-refractivity contribution >= 4 is 16.2 Å². The van der Waals surface area contributed by atoms with E-state index in [2.05, 4.69) is 20.8 Å². The lowest BCUT2D eigenvalue weighted by atomic mass is 10.1. The summed E-state index contributed by atoms with van der Waals surface area (Å²) < 4.78 is 36.6. The summed E-state index contributed by atoms with van der Waals surface area (Å²) in [5.74, 6) is -0.502. The van der Waals surface area contributed by atoms with Gasteiger partial charge >= 0.3 is 5.97 Å². The maximum atomic E-state index is 12.9. The number of hydrogen-bond donors (Lipinski definition) is 3. The third kappa shape index (κ3) is 7.21. The fourth-order valence-corrected chi connectivity index (χ4v) is 3.14. The Hall–Kier alpha value is -3.21.